The lowest BCUT2D eigenvalue weighted by Crippen LogP contribution is -2.10. The van der Waals surface area contributed by atoms with Crippen molar-refractivity contribution in [3.63, 3.8) is 0 Å². The van der Waals surface area contributed by atoms with E-state index in [0.29, 0.717) is 16.9 Å². The standard InChI is InChI=1S/C16H14N2O4/c1-22-11-8-6-10(7-9-11)16(19)15-14(17-15)12-4-2-3-5-13(12)18(20)21/h2-9,14-15,17H,1H3/t14-,15-/m0/s1. The summed E-state index contributed by atoms with van der Waals surface area (Å²) in [5.41, 5.74) is 1.13. The van der Waals surface area contributed by atoms with E-state index >= 15 is 0 Å². The van der Waals surface area contributed by atoms with Crippen LogP contribution in [0.1, 0.15) is 22.0 Å². The van der Waals surface area contributed by atoms with Crippen LogP contribution in [0.25, 0.3) is 0 Å². The molecule has 6 heteroatoms. The van der Waals surface area contributed by atoms with Crippen LogP contribution in [0, 0.1) is 10.1 Å². The molecule has 22 heavy (non-hydrogen) atoms. The zero-order valence-corrected chi connectivity index (χ0v) is 11.9. The van der Waals surface area contributed by atoms with E-state index in [4.69, 9.17) is 4.74 Å². The monoisotopic (exact) mass is 298 g/mol. The van der Waals surface area contributed by atoms with Crippen molar-refractivity contribution >= 4 is 11.5 Å². The maximum absolute atomic E-state index is 12.4. The summed E-state index contributed by atoms with van der Waals surface area (Å²) in [7, 11) is 1.56. The molecular formula is C16H14N2O4. The van der Waals surface area contributed by atoms with Crippen LogP contribution in [-0.4, -0.2) is 23.9 Å². The predicted molar refractivity (Wildman–Crippen MR) is 80.1 cm³/mol. The van der Waals surface area contributed by atoms with Crippen LogP contribution in [0.2, 0.25) is 0 Å². The third-order valence-corrected chi connectivity index (χ3v) is 3.71. The number of para-hydroxylation sites is 1. The molecule has 1 fully saturated rings. The number of carbonyl (C=O) groups excluding carboxylic acids is 1. The number of carbonyl (C=O) groups is 1. The van der Waals surface area contributed by atoms with Crippen molar-refractivity contribution in [3.8, 4) is 5.75 Å². The van der Waals surface area contributed by atoms with Gasteiger partial charge in [0.1, 0.15) is 5.75 Å². The van der Waals surface area contributed by atoms with Crippen molar-refractivity contribution in [3.05, 3.63) is 69.8 Å². The number of nitrogens with zero attached hydrogens (tertiary/aromatic N) is 1. The van der Waals surface area contributed by atoms with Crippen molar-refractivity contribution in [1.29, 1.82) is 0 Å². The number of methoxy groups -OCH3 is 1. The molecule has 1 aliphatic rings. The van der Waals surface area contributed by atoms with Crippen molar-refractivity contribution in [2.24, 2.45) is 0 Å². The Labute approximate surface area is 126 Å². The number of nitrogens with one attached hydrogen (secondary N) is 1. The van der Waals surface area contributed by atoms with Crippen LogP contribution in [0.5, 0.6) is 5.75 Å². The first-order valence-electron chi connectivity index (χ1n) is 6.79. The molecule has 0 saturated carbocycles. The van der Waals surface area contributed by atoms with E-state index in [9.17, 15) is 14.9 Å². The Morgan fingerprint density at radius 1 is 1.18 bits per heavy atom. The van der Waals surface area contributed by atoms with Gasteiger partial charge in [-0.05, 0) is 24.3 Å². The smallest absolute Gasteiger partial charge is 0.274 e. The number of nitro groups is 1. The lowest BCUT2D eigenvalue weighted by Gasteiger charge is -2.02. The summed E-state index contributed by atoms with van der Waals surface area (Å²) in [4.78, 5) is 23.0. The average Bonchev–Trinajstić information content (AvgIpc) is 3.34. The van der Waals surface area contributed by atoms with Gasteiger partial charge in [-0.25, -0.2) is 0 Å². The van der Waals surface area contributed by atoms with Crippen LogP contribution in [0.3, 0.4) is 0 Å². The third-order valence-electron chi connectivity index (χ3n) is 3.71. The SMILES string of the molecule is COc1ccc(C(=O)[C@H]2N[C@H]2c2ccccc2[N+](=O)[O-])cc1. The summed E-state index contributed by atoms with van der Waals surface area (Å²) >= 11 is 0. The molecule has 0 amide bonds. The maximum atomic E-state index is 12.4. The number of Topliss-reactive ketones (excluding diaryl/α,β-unsaturated/α-hetero) is 1. The van der Waals surface area contributed by atoms with E-state index in [2.05, 4.69) is 5.32 Å². The highest BCUT2D eigenvalue weighted by Crippen LogP contribution is 2.37. The molecule has 0 aromatic heterocycles. The molecule has 1 N–H and O–H groups in total. The van der Waals surface area contributed by atoms with Crippen LogP contribution >= 0.6 is 0 Å². The summed E-state index contributed by atoms with van der Waals surface area (Å²) in [5, 5.41) is 14.1. The van der Waals surface area contributed by atoms with Gasteiger partial charge in [0.25, 0.3) is 5.69 Å². The first kappa shape index (κ1) is 14.2. The van der Waals surface area contributed by atoms with Crippen LogP contribution < -0.4 is 10.1 Å². The van der Waals surface area contributed by atoms with E-state index < -0.39 is 11.0 Å². The molecular weight excluding hydrogens is 284 g/mol. The summed E-state index contributed by atoms with van der Waals surface area (Å²) in [5.74, 6) is 0.598. The van der Waals surface area contributed by atoms with Gasteiger partial charge in [0.05, 0.1) is 24.1 Å². The molecule has 1 heterocycles. The first-order chi connectivity index (χ1) is 10.6. The molecule has 2 atom stereocenters. The van der Waals surface area contributed by atoms with Gasteiger partial charge >= 0.3 is 0 Å². The van der Waals surface area contributed by atoms with Gasteiger partial charge in [0.2, 0.25) is 0 Å². The van der Waals surface area contributed by atoms with E-state index in [-0.39, 0.29) is 17.5 Å². The minimum atomic E-state index is -0.426. The lowest BCUT2D eigenvalue weighted by molar-refractivity contribution is -0.385. The van der Waals surface area contributed by atoms with Crippen molar-refractivity contribution in [1.82, 2.24) is 5.32 Å². The largest absolute Gasteiger partial charge is 0.497 e. The lowest BCUT2D eigenvalue weighted by atomic mass is 10.0. The number of ether oxygens (including phenoxy) is 1. The molecule has 0 spiro atoms. The van der Waals surface area contributed by atoms with E-state index in [1.807, 2.05) is 0 Å². The van der Waals surface area contributed by atoms with Crippen LogP contribution in [0.15, 0.2) is 48.5 Å². The van der Waals surface area contributed by atoms with E-state index in [0.717, 1.165) is 0 Å². The van der Waals surface area contributed by atoms with Gasteiger partial charge in [0.15, 0.2) is 5.78 Å². The molecule has 2 aromatic rings. The van der Waals surface area contributed by atoms with Crippen LogP contribution in [0.4, 0.5) is 5.69 Å². The molecule has 112 valence electrons. The Bertz CT molecular complexity index is 727. The van der Waals surface area contributed by atoms with Gasteiger partial charge in [0, 0.05) is 17.2 Å². The number of hydrogen-bond acceptors (Lipinski definition) is 5. The fraction of sp³-hybridized carbons (Fsp3) is 0.188. The van der Waals surface area contributed by atoms with E-state index in [1.54, 1.807) is 49.6 Å². The maximum Gasteiger partial charge on any atom is 0.274 e. The predicted octanol–water partition coefficient (Wildman–Crippen LogP) is 2.50. The fourth-order valence-electron chi connectivity index (χ4n) is 2.49. The summed E-state index contributed by atoms with van der Waals surface area (Å²) in [6.45, 7) is 0. The van der Waals surface area contributed by atoms with Gasteiger partial charge in [-0.2, -0.15) is 0 Å². The number of nitro benzene ring substituents is 1. The highest BCUT2D eigenvalue weighted by atomic mass is 16.6. The summed E-state index contributed by atoms with van der Waals surface area (Å²) in [6, 6.07) is 12.6. The topological polar surface area (TPSA) is 91.4 Å². The Morgan fingerprint density at radius 3 is 2.50 bits per heavy atom. The quantitative estimate of drug-likeness (QED) is 0.396. The molecule has 0 aliphatic carbocycles. The number of benzene rings is 2. The van der Waals surface area contributed by atoms with Crippen molar-refractivity contribution in [2.75, 3.05) is 7.11 Å². The highest BCUT2D eigenvalue weighted by Gasteiger charge is 2.46. The molecule has 6 nitrogen and oxygen atoms in total. The second-order valence-corrected chi connectivity index (χ2v) is 5.03. The molecule has 0 bridgehead atoms. The Balaban J connectivity index is 1.79. The molecule has 0 radical (unpaired) electrons. The van der Waals surface area contributed by atoms with Gasteiger partial charge in [-0.15, -0.1) is 0 Å². The number of hydrogen-bond donors (Lipinski definition) is 1. The minimum Gasteiger partial charge on any atom is -0.497 e. The van der Waals surface area contributed by atoms with E-state index in [1.165, 1.54) is 6.07 Å². The highest BCUT2D eigenvalue weighted by molar-refractivity contribution is 6.02. The second kappa shape index (κ2) is 5.57. The normalized spacial score (nSPS) is 19.5. The molecule has 0 unspecified atom stereocenters. The Hall–Kier alpha value is -2.73. The minimum absolute atomic E-state index is 0.0324. The number of rotatable bonds is 5. The van der Waals surface area contributed by atoms with Gasteiger partial charge < -0.3 is 4.74 Å². The fourth-order valence-corrected chi connectivity index (χ4v) is 2.49. The molecule has 1 saturated heterocycles. The van der Waals surface area contributed by atoms with Gasteiger partial charge in [-0.3, -0.25) is 20.2 Å². The Morgan fingerprint density at radius 2 is 1.86 bits per heavy atom. The first-order valence-corrected chi connectivity index (χ1v) is 6.79. The Kier molecular flexibility index (Phi) is 3.60. The second-order valence-electron chi connectivity index (χ2n) is 5.03. The zero-order valence-electron chi connectivity index (χ0n) is 11.9. The van der Waals surface area contributed by atoms with Crippen molar-refractivity contribution in [2.45, 2.75) is 12.1 Å². The molecule has 3 rings (SSSR count). The summed E-state index contributed by atoms with van der Waals surface area (Å²) < 4.78 is 5.06. The number of ketones is 1. The van der Waals surface area contributed by atoms with Crippen molar-refractivity contribution < 1.29 is 14.5 Å². The molecule has 2 aromatic carbocycles. The van der Waals surface area contributed by atoms with Gasteiger partial charge in [-0.1, -0.05) is 18.2 Å². The average molecular weight is 298 g/mol. The third kappa shape index (κ3) is 2.56. The summed E-state index contributed by atoms with van der Waals surface area (Å²) in [6.07, 6.45) is 0. The zero-order chi connectivity index (χ0) is 15.7. The molecule has 1 aliphatic heterocycles. The van der Waals surface area contributed by atoms with Crippen LogP contribution in [-0.2, 0) is 0 Å².